The topological polar surface area (TPSA) is 12.9 Å². The van der Waals surface area contributed by atoms with E-state index in [1.165, 1.54) is 0 Å². The average Bonchev–Trinajstić information content (AvgIpc) is 2.74. The van der Waals surface area contributed by atoms with Gasteiger partial charge in [0.05, 0.1) is 10.9 Å². The number of alkyl halides is 1. The van der Waals surface area contributed by atoms with Crippen molar-refractivity contribution in [2.75, 3.05) is 0 Å². The number of nitrogens with zero attached hydrogens (tertiary/aromatic N) is 1. The maximum absolute atomic E-state index is 6.27. The summed E-state index contributed by atoms with van der Waals surface area (Å²) >= 11 is 13.9. The first-order chi connectivity index (χ1) is 7.27. The molecule has 0 aliphatic heterocycles. The second-order valence-electron chi connectivity index (χ2n) is 3.17. The molecule has 0 N–H and O–H groups in total. The molecule has 0 spiro atoms. The quantitative estimate of drug-likeness (QED) is 0.747. The molecule has 1 unspecified atom stereocenters. The molecule has 1 aromatic carbocycles. The van der Waals surface area contributed by atoms with E-state index in [9.17, 15) is 0 Å². The molecular weight excluding hydrogens is 249 g/mol. The van der Waals surface area contributed by atoms with Gasteiger partial charge in [-0.3, -0.25) is 4.98 Å². The van der Waals surface area contributed by atoms with Crippen LogP contribution in [0.3, 0.4) is 0 Å². The number of thiazole rings is 1. The fourth-order valence-corrected chi connectivity index (χ4v) is 2.52. The lowest BCUT2D eigenvalue weighted by atomic mass is 10.1. The monoisotopic (exact) mass is 257 g/mol. The average molecular weight is 258 g/mol. The molecule has 0 aliphatic carbocycles. The second kappa shape index (κ2) is 4.97. The molecule has 0 aliphatic rings. The Kier molecular flexibility index (Phi) is 3.62. The summed E-state index contributed by atoms with van der Waals surface area (Å²) in [4.78, 5) is 5.09. The van der Waals surface area contributed by atoms with Crippen LogP contribution in [-0.4, -0.2) is 4.98 Å². The van der Waals surface area contributed by atoms with Gasteiger partial charge < -0.3 is 0 Å². The van der Waals surface area contributed by atoms with Crippen LogP contribution in [0.25, 0.3) is 0 Å². The van der Waals surface area contributed by atoms with Gasteiger partial charge in [0.15, 0.2) is 0 Å². The van der Waals surface area contributed by atoms with E-state index >= 15 is 0 Å². The fourth-order valence-electron chi connectivity index (χ4n) is 1.34. The highest BCUT2D eigenvalue weighted by molar-refractivity contribution is 7.09. The summed E-state index contributed by atoms with van der Waals surface area (Å²) in [5, 5.41) is 0.727. The van der Waals surface area contributed by atoms with Crippen molar-refractivity contribution < 1.29 is 0 Å². The van der Waals surface area contributed by atoms with Gasteiger partial charge in [-0.2, -0.15) is 0 Å². The van der Waals surface area contributed by atoms with E-state index in [0.29, 0.717) is 0 Å². The van der Waals surface area contributed by atoms with E-state index in [2.05, 4.69) is 4.98 Å². The van der Waals surface area contributed by atoms with Crippen LogP contribution in [0.1, 0.15) is 15.8 Å². The second-order valence-corrected chi connectivity index (χ2v) is 5.02. The molecule has 0 radical (unpaired) electrons. The van der Waals surface area contributed by atoms with Gasteiger partial charge >= 0.3 is 0 Å². The van der Waals surface area contributed by atoms with Crippen molar-refractivity contribution in [1.29, 1.82) is 0 Å². The third kappa shape index (κ3) is 2.71. The van der Waals surface area contributed by atoms with E-state index in [4.69, 9.17) is 23.2 Å². The van der Waals surface area contributed by atoms with Crippen molar-refractivity contribution in [2.24, 2.45) is 0 Å². The van der Waals surface area contributed by atoms with Crippen LogP contribution in [0.15, 0.2) is 36.0 Å². The zero-order valence-electron chi connectivity index (χ0n) is 7.86. The third-order valence-corrected chi connectivity index (χ3v) is 3.89. The summed E-state index contributed by atoms with van der Waals surface area (Å²) in [6, 6.07) is 7.77. The summed E-state index contributed by atoms with van der Waals surface area (Å²) in [6.45, 7) is 0. The maximum Gasteiger partial charge on any atom is 0.0794 e. The molecule has 1 nitrogen and oxygen atoms in total. The Bertz CT molecular complexity index is 428. The van der Waals surface area contributed by atoms with Crippen LogP contribution in [0.2, 0.25) is 5.02 Å². The lowest BCUT2D eigenvalue weighted by Gasteiger charge is -2.08. The van der Waals surface area contributed by atoms with E-state index in [0.717, 1.165) is 21.9 Å². The normalized spacial score (nSPS) is 12.7. The standard InChI is InChI=1S/C11H9Cl2NS/c12-9-4-2-1-3-8(9)5-10(13)11-6-14-7-15-11/h1-4,6-7,10H,5H2. The molecule has 0 saturated carbocycles. The van der Waals surface area contributed by atoms with E-state index in [1.54, 1.807) is 23.0 Å². The van der Waals surface area contributed by atoms with Crippen LogP contribution in [0.5, 0.6) is 0 Å². The predicted octanol–water partition coefficient (Wildman–Crippen LogP) is 4.32. The molecule has 15 heavy (non-hydrogen) atoms. The van der Waals surface area contributed by atoms with Gasteiger partial charge in [0.1, 0.15) is 0 Å². The highest BCUT2D eigenvalue weighted by atomic mass is 35.5. The highest BCUT2D eigenvalue weighted by Gasteiger charge is 2.11. The van der Waals surface area contributed by atoms with Crippen molar-refractivity contribution in [2.45, 2.75) is 11.8 Å². The lowest BCUT2D eigenvalue weighted by Crippen LogP contribution is -1.94. The Morgan fingerprint density at radius 2 is 2.13 bits per heavy atom. The number of aromatic nitrogens is 1. The molecular formula is C11H9Cl2NS. The molecule has 78 valence electrons. The molecule has 0 fully saturated rings. The molecule has 0 amide bonds. The van der Waals surface area contributed by atoms with Crippen molar-refractivity contribution in [3.05, 3.63) is 51.4 Å². The summed E-state index contributed by atoms with van der Waals surface area (Å²) in [5.41, 5.74) is 2.87. The minimum absolute atomic E-state index is 0.0441. The summed E-state index contributed by atoms with van der Waals surface area (Å²) in [5.74, 6) is 0. The molecule has 1 aromatic heterocycles. The minimum Gasteiger partial charge on any atom is -0.253 e. The van der Waals surface area contributed by atoms with Gasteiger partial charge in [-0.05, 0) is 18.1 Å². The van der Waals surface area contributed by atoms with Gasteiger partial charge in [-0.15, -0.1) is 22.9 Å². The van der Waals surface area contributed by atoms with E-state index < -0.39 is 0 Å². The van der Waals surface area contributed by atoms with Crippen molar-refractivity contribution >= 4 is 34.5 Å². The van der Waals surface area contributed by atoms with Crippen molar-refractivity contribution in [3.8, 4) is 0 Å². The van der Waals surface area contributed by atoms with Crippen LogP contribution >= 0.6 is 34.5 Å². The van der Waals surface area contributed by atoms with Gasteiger partial charge in [-0.1, -0.05) is 29.8 Å². The molecule has 1 heterocycles. The van der Waals surface area contributed by atoms with Gasteiger partial charge in [-0.25, -0.2) is 0 Å². The number of hydrogen-bond donors (Lipinski definition) is 0. The Balaban J connectivity index is 2.13. The lowest BCUT2D eigenvalue weighted by molar-refractivity contribution is 0.936. The zero-order valence-corrected chi connectivity index (χ0v) is 10.2. The summed E-state index contributed by atoms with van der Waals surface area (Å²) < 4.78 is 0. The van der Waals surface area contributed by atoms with Gasteiger partial charge in [0, 0.05) is 16.1 Å². The Hall–Kier alpha value is -0.570. The van der Waals surface area contributed by atoms with Crippen LogP contribution < -0.4 is 0 Å². The van der Waals surface area contributed by atoms with Crippen molar-refractivity contribution in [3.63, 3.8) is 0 Å². The van der Waals surface area contributed by atoms with Crippen LogP contribution in [-0.2, 0) is 6.42 Å². The van der Waals surface area contributed by atoms with Gasteiger partial charge in [0.2, 0.25) is 0 Å². The first-order valence-corrected chi connectivity index (χ1v) is 6.22. The smallest absolute Gasteiger partial charge is 0.0794 e. The largest absolute Gasteiger partial charge is 0.253 e. The zero-order chi connectivity index (χ0) is 10.7. The first kappa shape index (κ1) is 10.9. The number of benzene rings is 1. The summed E-state index contributed by atoms with van der Waals surface area (Å²) in [7, 11) is 0. The minimum atomic E-state index is -0.0441. The Labute approximate surface area is 103 Å². The number of halogens is 2. The molecule has 1 atom stereocenters. The van der Waals surface area contributed by atoms with Gasteiger partial charge in [0.25, 0.3) is 0 Å². The predicted molar refractivity (Wildman–Crippen MR) is 65.9 cm³/mol. The SMILES string of the molecule is Clc1ccccc1CC(Cl)c1cncs1. The Morgan fingerprint density at radius 3 is 2.80 bits per heavy atom. The van der Waals surface area contributed by atoms with E-state index in [1.807, 2.05) is 24.3 Å². The molecule has 0 bridgehead atoms. The van der Waals surface area contributed by atoms with Crippen molar-refractivity contribution in [1.82, 2.24) is 4.98 Å². The molecule has 2 aromatic rings. The molecule has 4 heteroatoms. The fraction of sp³-hybridized carbons (Fsp3) is 0.182. The first-order valence-electron chi connectivity index (χ1n) is 4.53. The van der Waals surface area contributed by atoms with E-state index in [-0.39, 0.29) is 5.38 Å². The van der Waals surface area contributed by atoms with Crippen LogP contribution in [0.4, 0.5) is 0 Å². The van der Waals surface area contributed by atoms with Crippen LogP contribution in [0, 0.1) is 0 Å². The Morgan fingerprint density at radius 1 is 1.33 bits per heavy atom. The number of rotatable bonds is 3. The molecule has 0 saturated heterocycles. The molecule has 2 rings (SSSR count). The number of hydrogen-bond acceptors (Lipinski definition) is 2. The third-order valence-electron chi connectivity index (χ3n) is 2.12. The summed E-state index contributed by atoms with van der Waals surface area (Å²) in [6.07, 6.45) is 2.54. The highest BCUT2D eigenvalue weighted by Crippen LogP contribution is 2.29. The maximum atomic E-state index is 6.27.